The average molecular weight is 265 g/mol. The zero-order chi connectivity index (χ0) is 14.2. The van der Waals surface area contributed by atoms with Crippen LogP contribution in [0.15, 0.2) is 0 Å². The monoisotopic (exact) mass is 265 g/mol. The van der Waals surface area contributed by atoms with Crippen LogP contribution in [0.1, 0.15) is 44.1 Å². The van der Waals surface area contributed by atoms with Crippen LogP contribution >= 0.6 is 0 Å². The van der Waals surface area contributed by atoms with E-state index in [1.54, 1.807) is 9.47 Å². The van der Waals surface area contributed by atoms with E-state index in [-0.39, 0.29) is 17.4 Å². The molecular formula is C12H19N5O2. The number of hydrogen-bond acceptors (Lipinski definition) is 4. The van der Waals surface area contributed by atoms with E-state index in [0.717, 1.165) is 0 Å². The Morgan fingerprint density at radius 1 is 1.21 bits per heavy atom. The second-order valence-corrected chi connectivity index (χ2v) is 5.74. The molecule has 0 unspecified atom stereocenters. The molecule has 7 heteroatoms. The lowest BCUT2D eigenvalue weighted by Gasteiger charge is -2.27. The van der Waals surface area contributed by atoms with Gasteiger partial charge in [-0.05, 0) is 20.8 Å². The van der Waals surface area contributed by atoms with Crippen molar-refractivity contribution in [1.29, 1.82) is 0 Å². The first kappa shape index (κ1) is 13.5. The number of amides is 2. The van der Waals surface area contributed by atoms with Crippen molar-refractivity contribution in [2.75, 3.05) is 6.54 Å². The van der Waals surface area contributed by atoms with Crippen LogP contribution in [-0.4, -0.2) is 43.6 Å². The van der Waals surface area contributed by atoms with Gasteiger partial charge in [-0.2, -0.15) is 0 Å². The van der Waals surface area contributed by atoms with Crippen molar-refractivity contribution >= 4 is 11.8 Å². The van der Waals surface area contributed by atoms with E-state index in [1.807, 2.05) is 20.8 Å². The van der Waals surface area contributed by atoms with Crippen LogP contribution in [0.3, 0.4) is 0 Å². The number of rotatable bonds is 1. The molecule has 0 spiro atoms. The fourth-order valence-electron chi connectivity index (χ4n) is 1.99. The molecule has 104 valence electrons. The van der Waals surface area contributed by atoms with Crippen LogP contribution < -0.4 is 5.32 Å². The summed E-state index contributed by atoms with van der Waals surface area (Å²) in [5.74, 6) is 0.742. The standard InChI is InChI=1S/C12H19N5O2/c1-8(18)16-5-6-17-9(7-16)14-15-10(17)11(19)13-12(2,3)4/h5-7H2,1-4H3,(H,13,19). The Bertz CT molecular complexity index is 515. The lowest BCUT2D eigenvalue weighted by atomic mass is 10.1. The highest BCUT2D eigenvalue weighted by Crippen LogP contribution is 2.13. The predicted octanol–water partition coefficient (Wildman–Crippen LogP) is 0.168. The van der Waals surface area contributed by atoms with Crippen LogP contribution in [0.4, 0.5) is 0 Å². The lowest BCUT2D eigenvalue weighted by molar-refractivity contribution is -0.130. The molecular weight excluding hydrogens is 246 g/mol. The summed E-state index contributed by atoms with van der Waals surface area (Å²) in [6, 6.07) is 0. The normalized spacial score (nSPS) is 15.1. The van der Waals surface area contributed by atoms with Gasteiger partial charge in [-0.15, -0.1) is 10.2 Å². The van der Waals surface area contributed by atoms with Crippen molar-refractivity contribution in [2.45, 2.75) is 46.3 Å². The molecule has 0 saturated heterocycles. The van der Waals surface area contributed by atoms with Gasteiger partial charge in [0, 0.05) is 25.6 Å². The number of carbonyl (C=O) groups is 2. The summed E-state index contributed by atoms with van der Waals surface area (Å²) in [7, 11) is 0. The molecule has 1 aliphatic rings. The van der Waals surface area contributed by atoms with Crippen molar-refractivity contribution in [3.8, 4) is 0 Å². The average Bonchev–Trinajstić information content (AvgIpc) is 2.68. The third-order valence-corrected chi connectivity index (χ3v) is 2.89. The van der Waals surface area contributed by atoms with Gasteiger partial charge in [0.1, 0.15) is 0 Å². The molecule has 0 bridgehead atoms. The van der Waals surface area contributed by atoms with Gasteiger partial charge < -0.3 is 14.8 Å². The number of nitrogens with one attached hydrogen (secondary N) is 1. The maximum atomic E-state index is 12.1. The summed E-state index contributed by atoms with van der Waals surface area (Å²) in [5.41, 5.74) is -0.316. The van der Waals surface area contributed by atoms with E-state index in [9.17, 15) is 9.59 Å². The van der Waals surface area contributed by atoms with Gasteiger partial charge in [-0.1, -0.05) is 0 Å². The van der Waals surface area contributed by atoms with Crippen LogP contribution in [0, 0.1) is 0 Å². The summed E-state index contributed by atoms with van der Waals surface area (Å²) in [5, 5.41) is 10.8. The van der Waals surface area contributed by atoms with Gasteiger partial charge in [-0.25, -0.2) is 0 Å². The van der Waals surface area contributed by atoms with Crippen molar-refractivity contribution in [3.63, 3.8) is 0 Å². The molecule has 7 nitrogen and oxygen atoms in total. The SMILES string of the molecule is CC(=O)N1CCn2c(nnc2C(=O)NC(C)(C)C)C1. The minimum Gasteiger partial charge on any atom is -0.345 e. The number of fused-ring (bicyclic) bond motifs is 1. The molecule has 0 fully saturated rings. The van der Waals surface area contributed by atoms with Crippen molar-refractivity contribution < 1.29 is 9.59 Å². The second kappa shape index (κ2) is 4.64. The van der Waals surface area contributed by atoms with Crippen LogP contribution in [0.5, 0.6) is 0 Å². The Kier molecular flexibility index (Phi) is 3.30. The fraction of sp³-hybridized carbons (Fsp3) is 0.667. The van der Waals surface area contributed by atoms with E-state index in [2.05, 4.69) is 15.5 Å². The highest BCUT2D eigenvalue weighted by atomic mass is 16.2. The van der Waals surface area contributed by atoms with E-state index in [4.69, 9.17) is 0 Å². The van der Waals surface area contributed by atoms with Crippen molar-refractivity contribution in [1.82, 2.24) is 25.0 Å². The van der Waals surface area contributed by atoms with Gasteiger partial charge in [0.2, 0.25) is 11.7 Å². The van der Waals surface area contributed by atoms with E-state index < -0.39 is 0 Å². The molecule has 2 heterocycles. The summed E-state index contributed by atoms with van der Waals surface area (Å²) >= 11 is 0. The van der Waals surface area contributed by atoms with E-state index in [0.29, 0.717) is 31.3 Å². The largest absolute Gasteiger partial charge is 0.345 e. The first-order valence-corrected chi connectivity index (χ1v) is 6.28. The summed E-state index contributed by atoms with van der Waals surface area (Å²) in [4.78, 5) is 25.1. The smallest absolute Gasteiger partial charge is 0.289 e. The number of carbonyl (C=O) groups excluding carboxylic acids is 2. The molecule has 0 aliphatic carbocycles. The van der Waals surface area contributed by atoms with E-state index in [1.165, 1.54) is 6.92 Å². The third kappa shape index (κ3) is 2.91. The topological polar surface area (TPSA) is 80.1 Å². The van der Waals surface area contributed by atoms with Gasteiger partial charge in [0.15, 0.2) is 5.82 Å². The minimum atomic E-state index is -0.316. The highest BCUT2D eigenvalue weighted by Gasteiger charge is 2.27. The van der Waals surface area contributed by atoms with Gasteiger partial charge in [0.25, 0.3) is 5.91 Å². The molecule has 1 aromatic heterocycles. The summed E-state index contributed by atoms with van der Waals surface area (Å²) in [6.45, 7) is 8.80. The third-order valence-electron chi connectivity index (χ3n) is 2.89. The Hall–Kier alpha value is -1.92. The van der Waals surface area contributed by atoms with Crippen LogP contribution in [0.2, 0.25) is 0 Å². The maximum Gasteiger partial charge on any atom is 0.289 e. The quantitative estimate of drug-likeness (QED) is 0.785. The summed E-state index contributed by atoms with van der Waals surface area (Å²) in [6.07, 6.45) is 0. The molecule has 0 saturated carbocycles. The Labute approximate surface area is 112 Å². The maximum absolute atomic E-state index is 12.1. The lowest BCUT2D eigenvalue weighted by Crippen LogP contribution is -2.43. The first-order chi connectivity index (χ1) is 8.78. The number of nitrogens with zero attached hydrogens (tertiary/aromatic N) is 4. The molecule has 1 aliphatic heterocycles. The van der Waals surface area contributed by atoms with Gasteiger partial charge in [0.05, 0.1) is 6.54 Å². The highest BCUT2D eigenvalue weighted by molar-refractivity contribution is 5.91. The predicted molar refractivity (Wildman–Crippen MR) is 68.3 cm³/mol. The molecule has 0 aromatic carbocycles. The second-order valence-electron chi connectivity index (χ2n) is 5.74. The first-order valence-electron chi connectivity index (χ1n) is 6.28. The molecule has 2 rings (SSSR count). The van der Waals surface area contributed by atoms with Crippen molar-refractivity contribution in [2.24, 2.45) is 0 Å². The molecule has 1 aromatic rings. The Morgan fingerprint density at radius 3 is 2.47 bits per heavy atom. The molecule has 19 heavy (non-hydrogen) atoms. The number of hydrogen-bond donors (Lipinski definition) is 1. The molecule has 1 N–H and O–H groups in total. The van der Waals surface area contributed by atoms with Crippen LogP contribution in [-0.2, 0) is 17.9 Å². The van der Waals surface area contributed by atoms with Gasteiger partial charge in [-0.3, -0.25) is 9.59 Å². The zero-order valence-corrected chi connectivity index (χ0v) is 11.7. The Morgan fingerprint density at radius 2 is 1.89 bits per heavy atom. The molecule has 2 amide bonds. The fourth-order valence-corrected chi connectivity index (χ4v) is 1.99. The minimum absolute atomic E-state index is 0.00921. The zero-order valence-electron chi connectivity index (χ0n) is 11.7. The van der Waals surface area contributed by atoms with E-state index >= 15 is 0 Å². The summed E-state index contributed by atoms with van der Waals surface area (Å²) < 4.78 is 1.78. The number of aromatic nitrogens is 3. The van der Waals surface area contributed by atoms with Crippen molar-refractivity contribution in [3.05, 3.63) is 11.6 Å². The molecule has 0 atom stereocenters. The van der Waals surface area contributed by atoms with Crippen LogP contribution in [0.25, 0.3) is 0 Å². The van der Waals surface area contributed by atoms with Gasteiger partial charge >= 0.3 is 0 Å². The molecule has 0 radical (unpaired) electrons. The Balaban J connectivity index is 2.19.